The lowest BCUT2D eigenvalue weighted by molar-refractivity contribution is -0.133. The van der Waals surface area contributed by atoms with Crippen molar-refractivity contribution in [2.45, 2.75) is 58.2 Å². The van der Waals surface area contributed by atoms with Crippen LogP contribution in [-0.4, -0.2) is 42.4 Å². The second-order valence-corrected chi connectivity index (χ2v) is 10.8. The monoisotopic (exact) mass is 434 g/mol. The number of aryl methyl sites for hydroxylation is 1. The summed E-state index contributed by atoms with van der Waals surface area (Å²) in [5.41, 5.74) is 2.20. The topological polar surface area (TPSA) is 57.7 Å². The van der Waals surface area contributed by atoms with Crippen molar-refractivity contribution >= 4 is 27.3 Å². The Labute approximate surface area is 178 Å². The molecule has 0 atom stereocenters. The molecule has 0 N–H and O–H groups in total. The molecule has 5 nitrogen and oxygen atoms in total. The van der Waals surface area contributed by atoms with E-state index in [1.165, 1.54) is 10.6 Å². The Morgan fingerprint density at radius 1 is 1.07 bits per heavy atom. The maximum absolute atomic E-state index is 13.3. The van der Waals surface area contributed by atoms with Crippen LogP contribution < -0.4 is 0 Å². The van der Waals surface area contributed by atoms with E-state index >= 15 is 0 Å². The maximum Gasteiger partial charge on any atom is 0.238 e. The third kappa shape index (κ3) is 6.14. The molecule has 1 aromatic heterocycles. The average molecular weight is 435 g/mol. The van der Waals surface area contributed by atoms with Gasteiger partial charge in [0.1, 0.15) is 0 Å². The van der Waals surface area contributed by atoms with E-state index in [4.69, 9.17) is 0 Å². The molecule has 1 amide bonds. The predicted molar refractivity (Wildman–Crippen MR) is 118 cm³/mol. The molecule has 7 heteroatoms. The van der Waals surface area contributed by atoms with Gasteiger partial charge in [0.05, 0.1) is 19.3 Å². The van der Waals surface area contributed by atoms with Gasteiger partial charge in [-0.25, -0.2) is 8.42 Å². The van der Waals surface area contributed by atoms with Crippen LogP contribution in [0.5, 0.6) is 0 Å². The Bertz CT molecular complexity index is 903. The number of carbonyl (C=O) groups excluding carboxylic acids is 1. The predicted octanol–water partition coefficient (Wildman–Crippen LogP) is 4.18. The second kappa shape index (κ2) is 9.87. The minimum Gasteiger partial charge on any atom is -0.332 e. The number of sulfonamides is 1. The summed E-state index contributed by atoms with van der Waals surface area (Å²) in [6, 6.07) is 11.8. The quantitative estimate of drug-likeness (QED) is 0.626. The van der Waals surface area contributed by atoms with Crippen molar-refractivity contribution in [1.29, 1.82) is 0 Å². The van der Waals surface area contributed by atoms with Gasteiger partial charge in [-0.2, -0.15) is 4.31 Å². The molecule has 0 bridgehead atoms. The van der Waals surface area contributed by atoms with Crippen molar-refractivity contribution in [1.82, 2.24) is 9.21 Å². The Morgan fingerprint density at radius 3 is 2.34 bits per heavy atom. The molecule has 0 radical (unpaired) electrons. The van der Waals surface area contributed by atoms with Crippen LogP contribution in [0.1, 0.15) is 48.1 Å². The van der Waals surface area contributed by atoms with Gasteiger partial charge in [0, 0.05) is 17.5 Å². The highest BCUT2D eigenvalue weighted by molar-refractivity contribution is 7.88. The molecule has 3 rings (SSSR count). The van der Waals surface area contributed by atoms with Crippen LogP contribution >= 0.6 is 11.3 Å². The van der Waals surface area contributed by atoms with Crippen LogP contribution in [0.25, 0.3) is 0 Å². The molecule has 158 valence electrons. The Morgan fingerprint density at radius 2 is 1.76 bits per heavy atom. The van der Waals surface area contributed by atoms with Gasteiger partial charge >= 0.3 is 0 Å². The van der Waals surface area contributed by atoms with E-state index in [-0.39, 0.29) is 18.5 Å². The van der Waals surface area contributed by atoms with E-state index in [1.54, 1.807) is 16.2 Å². The van der Waals surface area contributed by atoms with Gasteiger partial charge in [0.2, 0.25) is 15.9 Å². The molecule has 1 aliphatic carbocycles. The van der Waals surface area contributed by atoms with Crippen molar-refractivity contribution in [2.24, 2.45) is 0 Å². The zero-order chi connectivity index (χ0) is 20.9. The van der Waals surface area contributed by atoms with Crippen LogP contribution in [-0.2, 0) is 27.9 Å². The van der Waals surface area contributed by atoms with Crippen LogP contribution in [0.3, 0.4) is 0 Å². The van der Waals surface area contributed by atoms with Crippen molar-refractivity contribution in [3.63, 3.8) is 0 Å². The van der Waals surface area contributed by atoms with Crippen LogP contribution in [0.2, 0.25) is 0 Å². The fourth-order valence-electron chi connectivity index (χ4n) is 3.89. The Hall–Kier alpha value is -1.70. The summed E-state index contributed by atoms with van der Waals surface area (Å²) in [5, 5.41) is 2.03. The summed E-state index contributed by atoms with van der Waals surface area (Å²) < 4.78 is 26.4. The molecular weight excluding hydrogens is 404 g/mol. The molecule has 1 saturated carbocycles. The molecule has 1 aromatic carbocycles. The highest BCUT2D eigenvalue weighted by atomic mass is 32.2. The smallest absolute Gasteiger partial charge is 0.238 e. The number of benzene rings is 1. The van der Waals surface area contributed by atoms with Crippen LogP contribution in [0.15, 0.2) is 41.8 Å². The lowest BCUT2D eigenvalue weighted by Gasteiger charge is -2.33. The van der Waals surface area contributed by atoms with Gasteiger partial charge in [0.15, 0.2) is 0 Å². The van der Waals surface area contributed by atoms with E-state index in [0.717, 1.165) is 48.1 Å². The number of amides is 1. The summed E-state index contributed by atoms with van der Waals surface area (Å²) >= 11 is 1.63. The van der Waals surface area contributed by atoms with E-state index in [2.05, 4.69) is 6.07 Å². The molecular formula is C22H30N2O3S2. The zero-order valence-electron chi connectivity index (χ0n) is 17.2. The molecule has 0 unspecified atom stereocenters. The number of carbonyl (C=O) groups is 1. The molecule has 0 spiro atoms. The number of thiophene rings is 1. The van der Waals surface area contributed by atoms with Crippen molar-refractivity contribution in [3.8, 4) is 0 Å². The van der Waals surface area contributed by atoms with Gasteiger partial charge in [-0.3, -0.25) is 4.79 Å². The minimum absolute atomic E-state index is 0.0650. The SMILES string of the molecule is Cc1ccsc1CN(Cc1ccccc1)C(=O)CN(C1CCCCC1)S(C)(=O)=O. The lowest BCUT2D eigenvalue weighted by atomic mass is 9.95. The maximum atomic E-state index is 13.3. The van der Waals surface area contributed by atoms with E-state index in [1.807, 2.05) is 42.6 Å². The molecule has 1 aliphatic rings. The zero-order valence-corrected chi connectivity index (χ0v) is 18.8. The first kappa shape index (κ1) is 22.0. The third-order valence-electron chi connectivity index (χ3n) is 5.57. The summed E-state index contributed by atoms with van der Waals surface area (Å²) in [5.74, 6) is -0.141. The number of nitrogens with zero attached hydrogens (tertiary/aromatic N) is 2. The lowest BCUT2D eigenvalue weighted by Crippen LogP contribution is -2.47. The summed E-state index contributed by atoms with van der Waals surface area (Å²) in [4.78, 5) is 16.2. The van der Waals surface area contributed by atoms with Crippen molar-refractivity contribution in [2.75, 3.05) is 12.8 Å². The summed E-state index contributed by atoms with van der Waals surface area (Å²) in [6.45, 7) is 2.93. The van der Waals surface area contributed by atoms with Gasteiger partial charge in [-0.15, -0.1) is 11.3 Å². The molecule has 0 saturated heterocycles. The highest BCUT2D eigenvalue weighted by Gasteiger charge is 2.31. The van der Waals surface area contributed by atoms with Gasteiger partial charge in [0.25, 0.3) is 0 Å². The van der Waals surface area contributed by atoms with Crippen LogP contribution in [0.4, 0.5) is 0 Å². The minimum atomic E-state index is -3.45. The van der Waals surface area contributed by atoms with Gasteiger partial charge < -0.3 is 4.90 Å². The van der Waals surface area contributed by atoms with Crippen molar-refractivity contribution < 1.29 is 13.2 Å². The summed E-state index contributed by atoms with van der Waals surface area (Å²) in [7, 11) is -3.45. The van der Waals surface area contributed by atoms with E-state index in [9.17, 15) is 13.2 Å². The first-order valence-electron chi connectivity index (χ1n) is 10.2. The standard InChI is InChI=1S/C22H30N2O3S2/c1-18-13-14-28-21(18)16-23(15-19-9-5-3-6-10-19)22(25)17-24(29(2,26)27)20-11-7-4-8-12-20/h3,5-6,9-10,13-14,20H,4,7-8,11-12,15-17H2,1-2H3. The van der Waals surface area contributed by atoms with Crippen LogP contribution in [0, 0.1) is 6.92 Å². The fraction of sp³-hybridized carbons (Fsp3) is 0.500. The first-order valence-corrected chi connectivity index (χ1v) is 12.9. The second-order valence-electron chi connectivity index (χ2n) is 7.86. The highest BCUT2D eigenvalue weighted by Crippen LogP contribution is 2.25. The fourth-order valence-corrected chi connectivity index (χ4v) is 5.91. The van der Waals surface area contributed by atoms with E-state index in [0.29, 0.717) is 13.1 Å². The molecule has 1 heterocycles. The Kier molecular flexibility index (Phi) is 7.49. The summed E-state index contributed by atoms with van der Waals surface area (Å²) in [6.07, 6.45) is 6.08. The largest absolute Gasteiger partial charge is 0.332 e. The van der Waals surface area contributed by atoms with Crippen molar-refractivity contribution in [3.05, 3.63) is 57.8 Å². The normalized spacial score (nSPS) is 15.6. The number of hydrogen-bond donors (Lipinski definition) is 0. The first-order chi connectivity index (χ1) is 13.8. The van der Waals surface area contributed by atoms with Gasteiger partial charge in [-0.1, -0.05) is 49.6 Å². The Balaban J connectivity index is 1.80. The third-order valence-corrected chi connectivity index (χ3v) is 7.86. The number of rotatable bonds is 8. The molecule has 29 heavy (non-hydrogen) atoms. The number of hydrogen-bond acceptors (Lipinski definition) is 4. The average Bonchev–Trinajstić information content (AvgIpc) is 3.10. The van der Waals surface area contributed by atoms with Gasteiger partial charge in [-0.05, 0) is 42.3 Å². The molecule has 2 aromatic rings. The van der Waals surface area contributed by atoms with E-state index < -0.39 is 10.0 Å². The molecule has 0 aliphatic heterocycles. The molecule has 1 fully saturated rings.